The van der Waals surface area contributed by atoms with Crippen LogP contribution in [0.5, 0.6) is 0 Å². The molecule has 178 valence electrons. The number of hydrogen-bond acceptors (Lipinski definition) is 10. The predicted octanol–water partition coefficient (Wildman–Crippen LogP) is -0.313. The maximum Gasteiger partial charge on any atom is 0.331 e. The van der Waals surface area contributed by atoms with E-state index in [1.807, 2.05) is 0 Å². The Bertz CT molecular complexity index is 1270. The van der Waals surface area contributed by atoms with Crippen molar-refractivity contribution in [3.05, 3.63) is 76.8 Å². The van der Waals surface area contributed by atoms with E-state index in [0.717, 1.165) is 0 Å². The van der Waals surface area contributed by atoms with Crippen LogP contribution in [-0.4, -0.2) is 30.9 Å². The highest BCUT2D eigenvalue weighted by Gasteiger charge is 2.13. The monoisotopic (exact) mass is 499 g/mol. The van der Waals surface area contributed by atoms with Gasteiger partial charge < -0.3 is 32.0 Å². The van der Waals surface area contributed by atoms with Crippen LogP contribution in [0.15, 0.2) is 76.5 Å². The van der Waals surface area contributed by atoms with E-state index in [1.54, 1.807) is 18.2 Å². The highest BCUT2D eigenvalue weighted by molar-refractivity contribution is 7.86. The van der Waals surface area contributed by atoms with Gasteiger partial charge in [0.1, 0.15) is 30.8 Å². The quantitative estimate of drug-likeness (QED) is 0.158. The fourth-order valence-corrected chi connectivity index (χ4v) is 3.44. The molecule has 15 heteroatoms. The summed E-state index contributed by atoms with van der Waals surface area (Å²) in [6.45, 7) is 0. The predicted molar refractivity (Wildman–Crippen MR) is 116 cm³/mol. The van der Waals surface area contributed by atoms with Crippen LogP contribution in [0.2, 0.25) is 0 Å². The van der Waals surface area contributed by atoms with E-state index in [-0.39, 0.29) is 26.9 Å². The number of nitrogen functional groups attached to an aromatic ring is 2. The van der Waals surface area contributed by atoms with Crippen molar-refractivity contribution < 1.29 is 42.3 Å². The lowest BCUT2D eigenvalue weighted by Gasteiger charge is -2.08. The molecular formula is C18H21N5O8S2. The molecule has 0 saturated carbocycles. The number of rotatable bonds is 3. The minimum Gasteiger partial charge on any atom is -0.744 e. The second kappa shape index (κ2) is 11.3. The number of benzene rings is 3. The normalized spacial score (nSPS) is 10.8. The highest BCUT2D eigenvalue weighted by Crippen LogP contribution is 2.21. The Kier molecular flexibility index (Phi) is 9.41. The smallest absolute Gasteiger partial charge is 0.331 e. The summed E-state index contributed by atoms with van der Waals surface area (Å²) in [5.41, 5.74) is 18.4. The van der Waals surface area contributed by atoms with E-state index in [4.69, 9.17) is 11.5 Å². The molecule has 3 rings (SSSR count). The first-order valence-electron chi connectivity index (χ1n) is 8.67. The topological polar surface area (TPSA) is 265 Å². The molecule has 0 bridgehead atoms. The molecule has 0 heterocycles. The third-order valence-electron chi connectivity index (χ3n) is 3.74. The molecule has 10 N–H and O–H groups in total. The summed E-state index contributed by atoms with van der Waals surface area (Å²) >= 11 is 0. The van der Waals surface area contributed by atoms with E-state index in [2.05, 4.69) is 11.5 Å². The van der Waals surface area contributed by atoms with E-state index in [9.17, 15) is 36.1 Å². The molecule has 0 saturated heterocycles. The summed E-state index contributed by atoms with van der Waals surface area (Å²) < 4.78 is 62.6. The van der Waals surface area contributed by atoms with E-state index >= 15 is 0 Å². The van der Waals surface area contributed by atoms with Crippen molar-refractivity contribution >= 4 is 48.7 Å². The molecular weight excluding hydrogens is 478 g/mol. The zero-order valence-electron chi connectivity index (χ0n) is 16.9. The Morgan fingerprint density at radius 1 is 0.727 bits per heavy atom. The number of nitrogens with zero attached hydrogens (tertiary/aromatic N) is 1. The highest BCUT2D eigenvalue weighted by atomic mass is 32.2. The molecule has 33 heavy (non-hydrogen) atoms. The Morgan fingerprint density at radius 3 is 1.58 bits per heavy atom. The summed E-state index contributed by atoms with van der Waals surface area (Å²) in [6.07, 6.45) is 0. The van der Waals surface area contributed by atoms with Gasteiger partial charge in [-0.2, -0.15) is 0 Å². The van der Waals surface area contributed by atoms with Gasteiger partial charge in [-0.15, -0.1) is 0 Å². The Labute approximate surface area is 189 Å². The zero-order chi connectivity index (χ0) is 25.4. The molecule has 0 aliphatic carbocycles. The molecule has 0 radical (unpaired) electrons. The Balaban J connectivity index is 0.000000247. The van der Waals surface area contributed by atoms with Crippen LogP contribution in [0, 0.1) is 10.1 Å². The third-order valence-corrected chi connectivity index (χ3v) is 5.58. The lowest BCUT2D eigenvalue weighted by molar-refractivity contribution is -0.395. The molecule has 0 atom stereocenters. The summed E-state index contributed by atoms with van der Waals surface area (Å²) in [4.78, 5) is 9.17. The van der Waals surface area contributed by atoms with Crippen LogP contribution < -0.4 is 22.9 Å². The van der Waals surface area contributed by atoms with Crippen molar-refractivity contribution in [2.24, 2.45) is 0 Å². The van der Waals surface area contributed by atoms with Crippen molar-refractivity contribution in [1.29, 1.82) is 0 Å². The second-order valence-electron chi connectivity index (χ2n) is 6.20. The Morgan fingerprint density at radius 2 is 1.21 bits per heavy atom. The van der Waals surface area contributed by atoms with Gasteiger partial charge in [0.05, 0.1) is 9.82 Å². The van der Waals surface area contributed by atoms with Gasteiger partial charge in [0.25, 0.3) is 0 Å². The zero-order valence-corrected chi connectivity index (χ0v) is 18.6. The molecule has 0 aromatic heterocycles. The third kappa shape index (κ3) is 8.81. The summed E-state index contributed by atoms with van der Waals surface area (Å²) in [6, 6.07) is 15.8. The van der Waals surface area contributed by atoms with Crippen LogP contribution >= 0.6 is 0 Å². The average molecular weight is 500 g/mol. The van der Waals surface area contributed by atoms with Gasteiger partial charge in [-0.1, -0.05) is 24.3 Å². The first-order chi connectivity index (χ1) is 15.1. The number of quaternary nitrogens is 2. The lowest BCUT2D eigenvalue weighted by atomic mass is 10.2. The molecule has 0 aliphatic rings. The number of anilines is 2. The maximum absolute atomic E-state index is 10.5. The molecule has 0 aliphatic heterocycles. The van der Waals surface area contributed by atoms with Crippen LogP contribution in [0.4, 0.5) is 28.4 Å². The van der Waals surface area contributed by atoms with Gasteiger partial charge in [-0.25, -0.2) is 16.8 Å². The molecule has 0 fully saturated rings. The van der Waals surface area contributed by atoms with Gasteiger partial charge in [-0.05, 0) is 24.3 Å². The van der Waals surface area contributed by atoms with Gasteiger partial charge in [0.15, 0.2) is 0 Å². The summed E-state index contributed by atoms with van der Waals surface area (Å²) in [5.74, 6) is 0. The maximum atomic E-state index is 10.5. The fraction of sp³-hybridized carbons (Fsp3) is 0. The summed E-state index contributed by atoms with van der Waals surface area (Å²) in [5, 5.41) is 10.3. The van der Waals surface area contributed by atoms with Gasteiger partial charge >= 0.3 is 5.69 Å². The van der Waals surface area contributed by atoms with Crippen molar-refractivity contribution in [3.63, 3.8) is 0 Å². The van der Waals surface area contributed by atoms with Gasteiger partial charge in [-0.3, -0.25) is 10.1 Å². The molecule has 0 unspecified atom stereocenters. The van der Waals surface area contributed by atoms with Crippen LogP contribution in [0.25, 0.3) is 0 Å². The number of hydrogen-bond donors (Lipinski definition) is 4. The minimum absolute atomic E-state index is 0.0116. The number of nitrogens with two attached hydrogens (primary N) is 2. The van der Waals surface area contributed by atoms with Gasteiger partial charge in [0, 0.05) is 29.6 Å². The van der Waals surface area contributed by atoms with E-state index < -0.39 is 25.2 Å². The fourth-order valence-electron chi connectivity index (χ4n) is 2.21. The Hall–Kier alpha value is -3.60. The minimum atomic E-state index is -4.41. The first kappa shape index (κ1) is 27.4. The molecule has 0 amide bonds. The van der Waals surface area contributed by atoms with Gasteiger partial charge in [0.2, 0.25) is 5.69 Å². The van der Waals surface area contributed by atoms with Crippen LogP contribution in [0.1, 0.15) is 0 Å². The van der Waals surface area contributed by atoms with Crippen molar-refractivity contribution in [1.82, 2.24) is 0 Å². The average Bonchev–Trinajstić information content (AvgIpc) is 2.69. The SMILES string of the molecule is Nc1ccc([NH3+])c([N+](=O)[O-])c1.Nc1ccccc1S(=O)(=O)[O-].[NH3+]c1ccccc1S(=O)(=O)[O-]. The molecule has 3 aromatic carbocycles. The standard InChI is InChI=1S/C6H7N3O2.2C6H7NO3S/c7-4-1-2-5(8)6(3-4)9(10)11;2*7-5-3-1-2-4-6(5)11(8,9)10/h1-3H,7-8H2;2*1-4H,7H2,(H,8,9,10). The van der Waals surface area contributed by atoms with Crippen LogP contribution in [-0.2, 0) is 20.2 Å². The van der Waals surface area contributed by atoms with E-state index in [0.29, 0.717) is 11.4 Å². The van der Waals surface area contributed by atoms with E-state index in [1.165, 1.54) is 48.5 Å². The molecule has 13 nitrogen and oxygen atoms in total. The number of nitro benzene ring substituents is 1. The largest absolute Gasteiger partial charge is 0.744 e. The van der Waals surface area contributed by atoms with Crippen LogP contribution in [0.3, 0.4) is 0 Å². The summed E-state index contributed by atoms with van der Waals surface area (Å²) in [7, 11) is -8.75. The van der Waals surface area contributed by atoms with Crippen molar-refractivity contribution in [3.8, 4) is 0 Å². The lowest BCUT2D eigenvalue weighted by Crippen LogP contribution is -2.41. The molecule has 3 aromatic rings. The van der Waals surface area contributed by atoms with Crippen molar-refractivity contribution in [2.45, 2.75) is 9.79 Å². The number of nitro groups is 1. The van der Waals surface area contributed by atoms with Crippen molar-refractivity contribution in [2.75, 3.05) is 11.5 Å². The molecule has 0 spiro atoms. The second-order valence-corrected chi connectivity index (χ2v) is 8.90. The first-order valence-corrected chi connectivity index (χ1v) is 11.5. The number of para-hydroxylation sites is 1.